The van der Waals surface area contributed by atoms with Gasteiger partial charge in [0.1, 0.15) is 18.5 Å². The summed E-state index contributed by atoms with van der Waals surface area (Å²) in [7, 11) is 0. The number of nitrogens with one attached hydrogen (secondary N) is 2. The number of rotatable bonds is 10. The topological polar surface area (TPSA) is 90.8 Å². The average molecular weight is 358 g/mol. The van der Waals surface area contributed by atoms with Crippen LogP contribution in [0.25, 0.3) is 0 Å². The van der Waals surface area contributed by atoms with Crippen LogP contribution in [-0.2, 0) is 11.2 Å². The number of benzene rings is 2. The monoisotopic (exact) mass is 358 g/mol. The number of hydrogen-bond acceptors (Lipinski definition) is 5. The number of aliphatic hydroxyl groups excluding tert-OH is 2. The smallest absolute Gasteiger partial charge is 0.221 e. The van der Waals surface area contributed by atoms with Crippen molar-refractivity contribution in [3.8, 4) is 5.75 Å². The maximum absolute atomic E-state index is 11.0. The molecule has 0 aromatic heterocycles. The van der Waals surface area contributed by atoms with Gasteiger partial charge in [-0.2, -0.15) is 0 Å². The molecule has 1 amide bonds. The van der Waals surface area contributed by atoms with Crippen LogP contribution in [0, 0.1) is 0 Å². The van der Waals surface area contributed by atoms with Crippen molar-refractivity contribution in [1.82, 2.24) is 5.32 Å². The quantitative estimate of drug-likeness (QED) is 0.518. The maximum atomic E-state index is 11.0. The van der Waals surface area contributed by atoms with Gasteiger partial charge < -0.3 is 25.6 Å². The molecule has 0 aliphatic heterocycles. The van der Waals surface area contributed by atoms with Crippen LogP contribution < -0.4 is 15.4 Å². The van der Waals surface area contributed by atoms with Crippen molar-refractivity contribution < 1.29 is 19.7 Å². The highest BCUT2D eigenvalue weighted by molar-refractivity contribution is 5.88. The Morgan fingerprint density at radius 1 is 1.12 bits per heavy atom. The first kappa shape index (κ1) is 19.9. The second-order valence-corrected chi connectivity index (χ2v) is 6.15. The van der Waals surface area contributed by atoms with E-state index in [9.17, 15) is 15.0 Å². The molecule has 2 rings (SSSR count). The SMILES string of the molecule is CC(=O)Nc1ccc(CC(CO)NC[C@H](O)COc2ccccc2)cc1. The molecule has 140 valence electrons. The van der Waals surface area contributed by atoms with Gasteiger partial charge in [0.25, 0.3) is 0 Å². The number of amides is 1. The molecule has 6 nitrogen and oxygen atoms in total. The Bertz CT molecular complexity index is 661. The first-order valence-corrected chi connectivity index (χ1v) is 8.63. The number of carbonyl (C=O) groups is 1. The number of para-hydroxylation sites is 1. The number of anilines is 1. The molecule has 0 fully saturated rings. The predicted molar refractivity (Wildman–Crippen MR) is 101 cm³/mol. The van der Waals surface area contributed by atoms with Crippen molar-refractivity contribution in [1.29, 1.82) is 0 Å². The lowest BCUT2D eigenvalue weighted by molar-refractivity contribution is -0.114. The Kier molecular flexibility index (Phi) is 8.08. The minimum absolute atomic E-state index is 0.0420. The summed E-state index contributed by atoms with van der Waals surface area (Å²) in [6, 6.07) is 16.6. The van der Waals surface area contributed by atoms with E-state index >= 15 is 0 Å². The van der Waals surface area contributed by atoms with Crippen molar-refractivity contribution in [2.75, 3.05) is 25.1 Å². The highest BCUT2D eigenvalue weighted by Crippen LogP contribution is 2.11. The highest BCUT2D eigenvalue weighted by atomic mass is 16.5. The standard InChI is InChI=1S/C20H26N2O4/c1-15(24)22-17-9-7-16(8-10-17)11-18(13-23)21-12-19(25)14-26-20-5-3-2-4-6-20/h2-10,18-19,21,23,25H,11-14H2,1H3,(H,22,24)/t18?,19-/m0/s1. The van der Waals surface area contributed by atoms with E-state index in [1.165, 1.54) is 6.92 Å². The molecule has 2 aromatic rings. The zero-order chi connectivity index (χ0) is 18.8. The highest BCUT2D eigenvalue weighted by Gasteiger charge is 2.12. The van der Waals surface area contributed by atoms with Crippen LogP contribution in [0.4, 0.5) is 5.69 Å². The lowest BCUT2D eigenvalue weighted by Crippen LogP contribution is -2.41. The lowest BCUT2D eigenvalue weighted by atomic mass is 10.1. The van der Waals surface area contributed by atoms with Crippen molar-refractivity contribution in [3.63, 3.8) is 0 Å². The Morgan fingerprint density at radius 3 is 2.42 bits per heavy atom. The van der Waals surface area contributed by atoms with Crippen LogP contribution in [0.3, 0.4) is 0 Å². The number of hydrogen-bond donors (Lipinski definition) is 4. The zero-order valence-corrected chi connectivity index (χ0v) is 14.9. The molecule has 0 bridgehead atoms. The molecule has 0 heterocycles. The van der Waals surface area contributed by atoms with Gasteiger partial charge in [0, 0.05) is 25.2 Å². The van der Waals surface area contributed by atoms with Crippen LogP contribution >= 0.6 is 0 Å². The third-order valence-electron chi connectivity index (χ3n) is 3.80. The van der Waals surface area contributed by atoms with Crippen LogP contribution in [0.2, 0.25) is 0 Å². The molecular weight excluding hydrogens is 332 g/mol. The second-order valence-electron chi connectivity index (χ2n) is 6.15. The summed E-state index contributed by atoms with van der Waals surface area (Å²) in [5.41, 5.74) is 1.77. The molecule has 0 spiro atoms. The first-order valence-electron chi connectivity index (χ1n) is 8.63. The number of aliphatic hydroxyl groups is 2. The summed E-state index contributed by atoms with van der Waals surface area (Å²) < 4.78 is 5.51. The second kappa shape index (κ2) is 10.6. The van der Waals surface area contributed by atoms with E-state index in [1.54, 1.807) is 0 Å². The summed E-state index contributed by atoms with van der Waals surface area (Å²) in [5, 5.41) is 25.4. The minimum atomic E-state index is -0.675. The third-order valence-corrected chi connectivity index (χ3v) is 3.80. The van der Waals surface area contributed by atoms with Gasteiger partial charge >= 0.3 is 0 Å². The van der Waals surface area contributed by atoms with Gasteiger partial charge in [0.05, 0.1) is 6.61 Å². The molecule has 6 heteroatoms. The molecule has 0 saturated carbocycles. The largest absolute Gasteiger partial charge is 0.491 e. The van der Waals surface area contributed by atoms with E-state index in [0.717, 1.165) is 11.3 Å². The Hall–Kier alpha value is -2.41. The van der Waals surface area contributed by atoms with Crippen molar-refractivity contribution in [2.45, 2.75) is 25.5 Å². The third kappa shape index (κ3) is 7.23. The molecule has 0 aliphatic rings. The van der Waals surface area contributed by atoms with Gasteiger partial charge in [-0.15, -0.1) is 0 Å². The molecule has 0 saturated heterocycles. The lowest BCUT2D eigenvalue weighted by Gasteiger charge is -2.19. The normalized spacial score (nSPS) is 13.0. The van der Waals surface area contributed by atoms with Gasteiger partial charge in [0.2, 0.25) is 5.91 Å². The van der Waals surface area contributed by atoms with Crippen LogP contribution in [0.5, 0.6) is 5.75 Å². The number of ether oxygens (including phenoxy) is 1. The Labute approximate surface area is 153 Å². The summed E-state index contributed by atoms with van der Waals surface area (Å²) in [6.45, 7) is 1.93. The van der Waals surface area contributed by atoms with Gasteiger partial charge in [-0.25, -0.2) is 0 Å². The molecule has 4 N–H and O–H groups in total. The van der Waals surface area contributed by atoms with Gasteiger partial charge in [-0.05, 0) is 36.2 Å². The van der Waals surface area contributed by atoms with E-state index in [4.69, 9.17) is 4.74 Å². The van der Waals surface area contributed by atoms with Crippen molar-refractivity contribution in [3.05, 3.63) is 60.2 Å². The number of carbonyl (C=O) groups excluding carboxylic acids is 1. The van der Waals surface area contributed by atoms with Crippen molar-refractivity contribution in [2.24, 2.45) is 0 Å². The molecule has 0 aliphatic carbocycles. The molecular formula is C20H26N2O4. The fourth-order valence-electron chi connectivity index (χ4n) is 2.48. The summed E-state index contributed by atoms with van der Waals surface area (Å²) >= 11 is 0. The fourth-order valence-corrected chi connectivity index (χ4v) is 2.48. The summed E-state index contributed by atoms with van der Waals surface area (Å²) in [4.78, 5) is 11.0. The van der Waals surface area contributed by atoms with Crippen LogP contribution in [0.15, 0.2) is 54.6 Å². The molecule has 2 aromatic carbocycles. The summed E-state index contributed by atoms with van der Waals surface area (Å²) in [5.74, 6) is 0.601. The fraction of sp³-hybridized carbons (Fsp3) is 0.350. The van der Waals surface area contributed by atoms with E-state index in [-0.39, 0.29) is 25.2 Å². The van der Waals surface area contributed by atoms with Gasteiger partial charge in [-0.3, -0.25) is 4.79 Å². The Morgan fingerprint density at radius 2 is 1.81 bits per heavy atom. The van der Waals surface area contributed by atoms with E-state index in [1.807, 2.05) is 54.6 Å². The van der Waals surface area contributed by atoms with Crippen LogP contribution in [-0.4, -0.2) is 48.0 Å². The van der Waals surface area contributed by atoms with E-state index < -0.39 is 6.10 Å². The first-order chi connectivity index (χ1) is 12.6. The average Bonchev–Trinajstić information content (AvgIpc) is 2.65. The molecule has 1 unspecified atom stereocenters. The predicted octanol–water partition coefficient (Wildman–Crippen LogP) is 1.58. The van der Waals surface area contributed by atoms with E-state index in [0.29, 0.717) is 18.7 Å². The zero-order valence-electron chi connectivity index (χ0n) is 14.9. The molecule has 26 heavy (non-hydrogen) atoms. The molecule has 2 atom stereocenters. The summed E-state index contributed by atoms with van der Waals surface area (Å²) in [6.07, 6.45) is -0.0604. The van der Waals surface area contributed by atoms with Crippen LogP contribution in [0.1, 0.15) is 12.5 Å². The van der Waals surface area contributed by atoms with Gasteiger partial charge in [-0.1, -0.05) is 30.3 Å². The van der Waals surface area contributed by atoms with Crippen molar-refractivity contribution >= 4 is 11.6 Å². The van der Waals surface area contributed by atoms with E-state index in [2.05, 4.69) is 10.6 Å². The minimum Gasteiger partial charge on any atom is -0.491 e. The maximum Gasteiger partial charge on any atom is 0.221 e. The molecule has 0 radical (unpaired) electrons. The van der Waals surface area contributed by atoms with Gasteiger partial charge in [0.15, 0.2) is 0 Å². The Balaban J connectivity index is 1.75.